The summed E-state index contributed by atoms with van der Waals surface area (Å²) in [5.74, 6) is 1.20. The molecular formula is C23H23NO5. The summed E-state index contributed by atoms with van der Waals surface area (Å²) >= 11 is 0. The highest BCUT2D eigenvalue weighted by Gasteiger charge is 2.18. The molecular weight excluding hydrogens is 370 g/mol. The Morgan fingerprint density at radius 3 is 2.41 bits per heavy atom. The van der Waals surface area contributed by atoms with Gasteiger partial charge in [0.2, 0.25) is 5.78 Å². The number of ether oxygens (including phenoxy) is 2. The number of furan rings is 1. The lowest BCUT2D eigenvalue weighted by molar-refractivity contribution is -0.136. The van der Waals surface area contributed by atoms with Gasteiger partial charge in [-0.05, 0) is 69.3 Å². The molecule has 2 heterocycles. The largest absolute Gasteiger partial charge is 0.497 e. The number of rotatable bonds is 7. The van der Waals surface area contributed by atoms with Gasteiger partial charge in [-0.2, -0.15) is 0 Å². The van der Waals surface area contributed by atoms with Crippen LogP contribution in [0.5, 0.6) is 5.75 Å². The van der Waals surface area contributed by atoms with Crippen LogP contribution in [0.1, 0.15) is 33.3 Å². The molecule has 0 fully saturated rings. The number of carbonyl (C=O) groups excluding carboxylic acids is 2. The van der Waals surface area contributed by atoms with Gasteiger partial charge < -0.3 is 18.5 Å². The Kier molecular flexibility index (Phi) is 6.02. The number of carbonyl (C=O) groups is 2. The fourth-order valence-electron chi connectivity index (χ4n) is 3.13. The normalized spacial score (nSPS) is 11.0. The van der Waals surface area contributed by atoms with E-state index < -0.39 is 5.97 Å². The average molecular weight is 393 g/mol. The van der Waals surface area contributed by atoms with E-state index in [1.54, 1.807) is 25.3 Å². The van der Waals surface area contributed by atoms with Crippen molar-refractivity contribution in [3.63, 3.8) is 0 Å². The van der Waals surface area contributed by atoms with Crippen molar-refractivity contribution < 1.29 is 23.5 Å². The Morgan fingerprint density at radius 1 is 1.07 bits per heavy atom. The van der Waals surface area contributed by atoms with Crippen molar-refractivity contribution >= 4 is 17.8 Å². The van der Waals surface area contributed by atoms with Crippen molar-refractivity contribution in [3.05, 3.63) is 77.0 Å². The molecule has 6 nitrogen and oxygen atoms in total. The van der Waals surface area contributed by atoms with Gasteiger partial charge in [-0.15, -0.1) is 0 Å². The number of ketones is 1. The number of aryl methyl sites for hydroxylation is 2. The Morgan fingerprint density at radius 2 is 1.79 bits per heavy atom. The molecule has 6 heteroatoms. The molecule has 29 heavy (non-hydrogen) atoms. The van der Waals surface area contributed by atoms with Crippen molar-refractivity contribution in [2.75, 3.05) is 13.7 Å². The zero-order chi connectivity index (χ0) is 21.0. The Balaban J connectivity index is 1.68. The second-order valence-corrected chi connectivity index (χ2v) is 6.63. The highest BCUT2D eigenvalue weighted by atomic mass is 16.5. The van der Waals surface area contributed by atoms with Crippen molar-refractivity contribution in [2.24, 2.45) is 0 Å². The number of methoxy groups -OCH3 is 1. The van der Waals surface area contributed by atoms with Gasteiger partial charge in [-0.1, -0.05) is 0 Å². The molecule has 1 aromatic carbocycles. The first-order chi connectivity index (χ1) is 13.9. The number of hydrogen-bond donors (Lipinski definition) is 0. The van der Waals surface area contributed by atoms with E-state index in [4.69, 9.17) is 13.9 Å². The molecule has 0 aliphatic heterocycles. The van der Waals surface area contributed by atoms with Crippen LogP contribution in [0.25, 0.3) is 11.8 Å². The maximum atomic E-state index is 12.6. The zero-order valence-corrected chi connectivity index (χ0v) is 16.9. The number of hydrogen-bond acceptors (Lipinski definition) is 5. The lowest BCUT2D eigenvalue weighted by atomic mass is 10.1. The molecule has 0 bridgehead atoms. The molecule has 0 radical (unpaired) electrons. The molecule has 0 aliphatic carbocycles. The first-order valence-electron chi connectivity index (χ1n) is 9.17. The van der Waals surface area contributed by atoms with E-state index in [-0.39, 0.29) is 12.4 Å². The van der Waals surface area contributed by atoms with Gasteiger partial charge in [0.05, 0.1) is 7.11 Å². The summed E-state index contributed by atoms with van der Waals surface area (Å²) in [7, 11) is 1.62. The molecule has 0 saturated carbocycles. The smallest absolute Gasteiger partial charge is 0.331 e. The minimum absolute atomic E-state index is 0.256. The third-order valence-electron chi connectivity index (χ3n) is 4.55. The number of nitrogens with zero attached hydrogens (tertiary/aromatic N) is 1. The van der Waals surface area contributed by atoms with E-state index in [2.05, 4.69) is 0 Å². The summed E-state index contributed by atoms with van der Waals surface area (Å²) in [6.45, 7) is 5.28. The van der Waals surface area contributed by atoms with Crippen LogP contribution in [-0.4, -0.2) is 30.0 Å². The maximum absolute atomic E-state index is 12.6. The molecule has 3 aromatic rings. The van der Waals surface area contributed by atoms with Gasteiger partial charge in [0.1, 0.15) is 17.3 Å². The van der Waals surface area contributed by atoms with Crippen LogP contribution in [0.15, 0.2) is 53.0 Å². The Hall–Kier alpha value is -3.54. The third-order valence-corrected chi connectivity index (χ3v) is 4.55. The zero-order valence-electron chi connectivity index (χ0n) is 16.9. The first-order valence-corrected chi connectivity index (χ1v) is 9.17. The van der Waals surface area contributed by atoms with E-state index >= 15 is 0 Å². The molecule has 0 aliphatic rings. The van der Waals surface area contributed by atoms with Gasteiger partial charge in [-0.25, -0.2) is 4.79 Å². The fourth-order valence-corrected chi connectivity index (χ4v) is 3.13. The van der Waals surface area contributed by atoms with E-state index in [1.807, 2.05) is 49.6 Å². The van der Waals surface area contributed by atoms with E-state index in [0.717, 1.165) is 28.6 Å². The van der Waals surface area contributed by atoms with Crippen LogP contribution in [0.4, 0.5) is 0 Å². The molecule has 0 spiro atoms. The topological polar surface area (TPSA) is 70.7 Å². The standard InChI is InChI=1S/C23H23NO5/c1-15-13-21(17(3)24(15)18-6-9-19(27-4)10-7-18)22(25)14-28-23(26)12-11-20-8-5-16(2)29-20/h5-13H,14H2,1-4H3. The number of aromatic nitrogens is 1. The third kappa shape index (κ3) is 4.66. The summed E-state index contributed by atoms with van der Waals surface area (Å²) in [6.07, 6.45) is 2.75. The summed E-state index contributed by atoms with van der Waals surface area (Å²) in [5.41, 5.74) is 3.15. The molecule has 0 atom stereocenters. The highest BCUT2D eigenvalue weighted by molar-refractivity contribution is 6.00. The van der Waals surface area contributed by atoms with Crippen LogP contribution < -0.4 is 4.74 Å². The van der Waals surface area contributed by atoms with Crippen LogP contribution >= 0.6 is 0 Å². The molecule has 3 rings (SSSR count). The Bertz CT molecular complexity index is 1050. The number of benzene rings is 1. The maximum Gasteiger partial charge on any atom is 0.331 e. The summed E-state index contributed by atoms with van der Waals surface area (Å²) < 4.78 is 17.6. The van der Waals surface area contributed by atoms with Crippen molar-refractivity contribution in [3.8, 4) is 11.4 Å². The van der Waals surface area contributed by atoms with Gasteiger partial charge in [0.15, 0.2) is 6.61 Å². The minimum Gasteiger partial charge on any atom is -0.497 e. The van der Waals surface area contributed by atoms with Gasteiger partial charge in [-0.3, -0.25) is 4.79 Å². The van der Waals surface area contributed by atoms with Gasteiger partial charge in [0.25, 0.3) is 0 Å². The first kappa shape index (κ1) is 20.2. The molecule has 150 valence electrons. The summed E-state index contributed by atoms with van der Waals surface area (Å²) in [4.78, 5) is 24.5. The summed E-state index contributed by atoms with van der Waals surface area (Å²) in [5, 5.41) is 0. The number of Topliss-reactive ketones (excluding diaryl/α,β-unsaturated/α-hetero) is 1. The monoisotopic (exact) mass is 393 g/mol. The predicted molar refractivity (Wildman–Crippen MR) is 110 cm³/mol. The second kappa shape index (κ2) is 8.65. The molecule has 0 unspecified atom stereocenters. The van der Waals surface area contributed by atoms with Crippen LogP contribution in [0.2, 0.25) is 0 Å². The van der Waals surface area contributed by atoms with E-state index in [9.17, 15) is 9.59 Å². The van der Waals surface area contributed by atoms with Gasteiger partial charge in [0, 0.05) is 28.7 Å². The second-order valence-electron chi connectivity index (χ2n) is 6.63. The molecule has 0 saturated heterocycles. The lowest BCUT2D eigenvalue weighted by Gasteiger charge is -2.10. The quantitative estimate of drug-likeness (QED) is 0.337. The van der Waals surface area contributed by atoms with Crippen LogP contribution in [0, 0.1) is 20.8 Å². The van der Waals surface area contributed by atoms with Gasteiger partial charge >= 0.3 is 5.97 Å². The van der Waals surface area contributed by atoms with E-state index in [1.165, 1.54) is 12.2 Å². The van der Waals surface area contributed by atoms with Crippen LogP contribution in [-0.2, 0) is 9.53 Å². The SMILES string of the molecule is COc1ccc(-n2c(C)cc(C(=O)COC(=O)C=Cc3ccc(C)o3)c2C)cc1. The predicted octanol–water partition coefficient (Wildman–Crippen LogP) is 4.44. The number of esters is 1. The molecule has 0 amide bonds. The highest BCUT2D eigenvalue weighted by Crippen LogP contribution is 2.23. The van der Waals surface area contributed by atoms with Crippen molar-refractivity contribution in [1.29, 1.82) is 0 Å². The fraction of sp³-hybridized carbons (Fsp3) is 0.217. The average Bonchev–Trinajstić information content (AvgIpc) is 3.27. The molecule has 0 N–H and O–H groups in total. The van der Waals surface area contributed by atoms with Crippen molar-refractivity contribution in [1.82, 2.24) is 4.57 Å². The van der Waals surface area contributed by atoms with E-state index in [0.29, 0.717) is 11.3 Å². The Labute approximate surface area is 169 Å². The minimum atomic E-state index is -0.601. The van der Waals surface area contributed by atoms with Crippen molar-refractivity contribution in [2.45, 2.75) is 20.8 Å². The van der Waals surface area contributed by atoms with Crippen LogP contribution in [0.3, 0.4) is 0 Å². The lowest BCUT2D eigenvalue weighted by Crippen LogP contribution is -2.13. The summed E-state index contributed by atoms with van der Waals surface area (Å²) in [6, 6.07) is 12.9. The molecule has 2 aromatic heterocycles.